The van der Waals surface area contributed by atoms with Crippen LogP contribution in [0, 0.1) is 16.7 Å². The van der Waals surface area contributed by atoms with Crippen LogP contribution in [0.15, 0.2) is 30.3 Å². The molecule has 3 aliphatic carbocycles. The molecular formula is C32H53N9O4. The summed E-state index contributed by atoms with van der Waals surface area (Å²) in [6, 6.07) is 5.68. The zero-order chi connectivity index (χ0) is 32.8. The van der Waals surface area contributed by atoms with E-state index in [2.05, 4.69) is 21.3 Å². The van der Waals surface area contributed by atoms with E-state index in [1.54, 1.807) is 0 Å². The Labute approximate surface area is 266 Å². The number of hydrogen-bond acceptors (Lipinski definition) is 7. The average Bonchev–Trinajstić information content (AvgIpc) is 3.02. The Morgan fingerprint density at radius 3 is 2.00 bits per heavy atom. The maximum atomic E-state index is 13.8. The van der Waals surface area contributed by atoms with Crippen LogP contribution in [0.4, 0.5) is 0 Å². The van der Waals surface area contributed by atoms with Crippen molar-refractivity contribution >= 4 is 29.6 Å². The fourth-order valence-electron chi connectivity index (χ4n) is 6.65. The number of nitrogens with two attached hydrogens (primary N) is 4. The van der Waals surface area contributed by atoms with E-state index in [1.165, 1.54) is 0 Å². The van der Waals surface area contributed by atoms with Crippen molar-refractivity contribution in [3.05, 3.63) is 35.9 Å². The van der Waals surface area contributed by atoms with E-state index >= 15 is 0 Å². The van der Waals surface area contributed by atoms with Crippen molar-refractivity contribution in [1.29, 1.82) is 5.41 Å². The third kappa shape index (κ3) is 11.6. The van der Waals surface area contributed by atoms with Crippen LogP contribution in [0.2, 0.25) is 0 Å². The second-order valence-corrected chi connectivity index (χ2v) is 12.8. The standard InChI is InChI=1S/C32H53N9O4/c33-17-5-4-9-24(27(35)42)39-30(45)26(20-32-14-11-21(12-15-32)13-16-32)41-29(44)25(10-6-18-38-31(36)37)40-28(43)23(34)19-22-7-2-1-3-8-22/h1-3,7-8,21,23-26H,4-6,9-20,33-34H2,(H2,35,42)(H,39,45)(H,40,43)(H,41,44)(H4,36,37,38)/t21?,23-,24-,25+,26-,32?/m0/s1. The molecule has 3 fully saturated rings. The summed E-state index contributed by atoms with van der Waals surface area (Å²) >= 11 is 0. The number of fused-ring (bicyclic) bond motifs is 3. The molecule has 4 rings (SSSR count). The lowest BCUT2D eigenvalue weighted by Gasteiger charge is -2.48. The quantitative estimate of drug-likeness (QED) is 0.0583. The van der Waals surface area contributed by atoms with Crippen LogP contribution in [0.3, 0.4) is 0 Å². The number of primary amides is 1. The number of guanidine groups is 1. The Hall–Kier alpha value is -3.71. The molecule has 13 heteroatoms. The molecule has 0 spiro atoms. The summed E-state index contributed by atoms with van der Waals surface area (Å²) < 4.78 is 0. The normalized spacial score (nSPS) is 21.5. The minimum Gasteiger partial charge on any atom is -0.370 e. The van der Waals surface area contributed by atoms with E-state index in [-0.39, 0.29) is 17.8 Å². The van der Waals surface area contributed by atoms with Gasteiger partial charge in [-0.2, -0.15) is 0 Å². The molecule has 13 N–H and O–H groups in total. The van der Waals surface area contributed by atoms with E-state index in [9.17, 15) is 19.2 Å². The van der Waals surface area contributed by atoms with Gasteiger partial charge in [-0.25, -0.2) is 0 Å². The maximum Gasteiger partial charge on any atom is 0.243 e. The highest BCUT2D eigenvalue weighted by Gasteiger charge is 2.43. The van der Waals surface area contributed by atoms with Gasteiger partial charge in [0.05, 0.1) is 6.04 Å². The molecule has 2 bridgehead atoms. The summed E-state index contributed by atoms with van der Waals surface area (Å²) in [6.07, 6.45) is 9.30. The summed E-state index contributed by atoms with van der Waals surface area (Å²) in [5.41, 5.74) is 23.7. The Balaban J connectivity index is 1.77. The first-order valence-electron chi connectivity index (χ1n) is 16.3. The number of rotatable bonds is 19. The molecule has 0 heterocycles. The van der Waals surface area contributed by atoms with Crippen molar-refractivity contribution in [3.8, 4) is 0 Å². The molecule has 4 atom stereocenters. The molecule has 0 aromatic heterocycles. The van der Waals surface area contributed by atoms with Gasteiger partial charge in [0.25, 0.3) is 0 Å². The molecule has 13 nitrogen and oxygen atoms in total. The second kappa shape index (κ2) is 17.7. The number of nitrogens with one attached hydrogen (secondary N) is 5. The van der Waals surface area contributed by atoms with E-state index in [0.717, 1.165) is 50.0 Å². The molecule has 45 heavy (non-hydrogen) atoms. The minimum absolute atomic E-state index is 0.0754. The topological polar surface area (TPSA) is 244 Å². The first-order chi connectivity index (χ1) is 21.5. The zero-order valence-corrected chi connectivity index (χ0v) is 26.3. The molecule has 4 amide bonds. The number of carbonyl (C=O) groups is 4. The van der Waals surface area contributed by atoms with Gasteiger partial charge in [-0.3, -0.25) is 24.6 Å². The molecule has 0 saturated heterocycles. The van der Waals surface area contributed by atoms with Gasteiger partial charge in [0.15, 0.2) is 5.96 Å². The van der Waals surface area contributed by atoms with Gasteiger partial charge in [0.1, 0.15) is 18.1 Å². The van der Waals surface area contributed by atoms with Crippen LogP contribution < -0.4 is 44.2 Å². The van der Waals surface area contributed by atoms with Crippen molar-refractivity contribution in [2.24, 2.45) is 34.3 Å². The fraction of sp³-hybridized carbons (Fsp3) is 0.656. The van der Waals surface area contributed by atoms with Gasteiger partial charge < -0.3 is 44.2 Å². The van der Waals surface area contributed by atoms with Crippen molar-refractivity contribution in [3.63, 3.8) is 0 Å². The summed E-state index contributed by atoms with van der Waals surface area (Å²) in [5, 5.41) is 18.6. The third-order valence-corrected chi connectivity index (χ3v) is 9.38. The number of benzene rings is 1. The van der Waals surface area contributed by atoms with Crippen LogP contribution in [-0.2, 0) is 25.6 Å². The Kier molecular flexibility index (Phi) is 14.1. The highest BCUT2D eigenvalue weighted by molar-refractivity contribution is 5.94. The molecule has 1 aromatic rings. The van der Waals surface area contributed by atoms with Crippen molar-refractivity contribution in [2.75, 3.05) is 13.1 Å². The number of amides is 4. The predicted molar refractivity (Wildman–Crippen MR) is 173 cm³/mol. The van der Waals surface area contributed by atoms with Gasteiger partial charge in [-0.05, 0) is 107 Å². The third-order valence-electron chi connectivity index (χ3n) is 9.38. The Bertz CT molecular complexity index is 1130. The van der Waals surface area contributed by atoms with Crippen molar-refractivity contribution in [2.45, 2.75) is 108 Å². The van der Waals surface area contributed by atoms with Gasteiger partial charge in [0.2, 0.25) is 23.6 Å². The SMILES string of the molecule is N=C(N)NCCC[C@@H](NC(=O)[C@@H](N)Cc1ccccc1)C(=O)N[C@@H](CC12CCC(CC1)CC2)C(=O)N[C@@H](CCCCN)C(N)=O. The lowest BCUT2D eigenvalue weighted by molar-refractivity contribution is -0.134. The molecule has 250 valence electrons. The predicted octanol–water partition coefficient (Wildman–Crippen LogP) is 0.249. The maximum absolute atomic E-state index is 13.8. The van der Waals surface area contributed by atoms with E-state index in [0.29, 0.717) is 51.6 Å². The van der Waals surface area contributed by atoms with Crippen LogP contribution in [0.1, 0.15) is 82.6 Å². The second-order valence-electron chi connectivity index (χ2n) is 12.8. The van der Waals surface area contributed by atoms with Gasteiger partial charge in [-0.15, -0.1) is 0 Å². The highest BCUT2D eigenvalue weighted by atomic mass is 16.2. The monoisotopic (exact) mass is 627 g/mol. The number of hydrogen-bond donors (Lipinski definition) is 9. The first kappa shape index (κ1) is 35.8. The largest absolute Gasteiger partial charge is 0.370 e. The summed E-state index contributed by atoms with van der Waals surface area (Å²) in [7, 11) is 0. The highest BCUT2D eigenvalue weighted by Crippen LogP contribution is 2.52. The van der Waals surface area contributed by atoms with Crippen LogP contribution >= 0.6 is 0 Å². The molecule has 3 aliphatic rings. The lowest BCUT2D eigenvalue weighted by atomic mass is 9.58. The molecule has 1 aromatic carbocycles. The first-order valence-corrected chi connectivity index (χ1v) is 16.3. The van der Waals surface area contributed by atoms with Gasteiger partial charge in [-0.1, -0.05) is 30.3 Å². The summed E-state index contributed by atoms with van der Waals surface area (Å²) in [6.45, 7) is 0.786. The van der Waals surface area contributed by atoms with Crippen LogP contribution in [0.25, 0.3) is 0 Å². The smallest absolute Gasteiger partial charge is 0.243 e. The molecule has 0 unspecified atom stereocenters. The van der Waals surface area contributed by atoms with E-state index in [4.69, 9.17) is 28.3 Å². The van der Waals surface area contributed by atoms with Gasteiger partial charge >= 0.3 is 0 Å². The molecular weight excluding hydrogens is 574 g/mol. The average molecular weight is 628 g/mol. The van der Waals surface area contributed by atoms with Crippen LogP contribution in [-0.4, -0.2) is 66.8 Å². The fourth-order valence-corrected chi connectivity index (χ4v) is 6.65. The Morgan fingerprint density at radius 1 is 0.822 bits per heavy atom. The molecule has 0 aliphatic heterocycles. The number of carbonyl (C=O) groups excluding carboxylic acids is 4. The van der Waals surface area contributed by atoms with E-state index < -0.39 is 47.8 Å². The Morgan fingerprint density at radius 2 is 1.40 bits per heavy atom. The van der Waals surface area contributed by atoms with Crippen LogP contribution in [0.5, 0.6) is 0 Å². The number of unbranched alkanes of at least 4 members (excludes halogenated alkanes) is 1. The molecule has 3 saturated carbocycles. The summed E-state index contributed by atoms with van der Waals surface area (Å²) in [5.74, 6) is -1.59. The molecule has 0 radical (unpaired) electrons. The van der Waals surface area contributed by atoms with Crippen molar-refractivity contribution < 1.29 is 19.2 Å². The van der Waals surface area contributed by atoms with Crippen molar-refractivity contribution in [1.82, 2.24) is 21.3 Å². The summed E-state index contributed by atoms with van der Waals surface area (Å²) in [4.78, 5) is 53.0. The minimum atomic E-state index is -0.987. The van der Waals surface area contributed by atoms with Gasteiger partial charge in [0, 0.05) is 6.54 Å². The van der Waals surface area contributed by atoms with E-state index in [1.807, 2.05) is 30.3 Å². The lowest BCUT2D eigenvalue weighted by Crippen LogP contribution is -2.59. The zero-order valence-electron chi connectivity index (χ0n) is 26.3.